The highest BCUT2D eigenvalue weighted by atomic mass is 19.1. The number of halogens is 1. The standard InChI is InChI=1S/C23H26FN3O5/c1-5-23(6-2)21(30)26(22(31)25-23)12-20(29)32-13-19(28)18-11-14(3)27(15(18)4)17-9-7-16(24)8-10-17/h7-11H,5-6,12-13H2,1-4H3,(H,25,31). The number of urea groups is 1. The lowest BCUT2D eigenvalue weighted by atomic mass is 9.93. The third-order valence-electron chi connectivity index (χ3n) is 5.92. The second-order valence-corrected chi connectivity index (χ2v) is 7.79. The Labute approximate surface area is 185 Å². The van der Waals surface area contributed by atoms with Crippen LogP contribution in [0.25, 0.3) is 5.69 Å². The van der Waals surface area contributed by atoms with Crippen LogP contribution in [-0.2, 0) is 14.3 Å². The Morgan fingerprint density at radius 2 is 1.72 bits per heavy atom. The summed E-state index contributed by atoms with van der Waals surface area (Å²) in [6.45, 7) is 6.03. The van der Waals surface area contributed by atoms with Gasteiger partial charge in [0, 0.05) is 22.6 Å². The van der Waals surface area contributed by atoms with Crippen LogP contribution in [0, 0.1) is 19.7 Å². The van der Waals surface area contributed by atoms with Crippen LogP contribution in [0.1, 0.15) is 48.4 Å². The number of amides is 3. The number of Topliss-reactive ketones (excluding diaryl/α,β-unsaturated/α-hetero) is 1. The summed E-state index contributed by atoms with van der Waals surface area (Å²) in [5.41, 5.74) is 1.45. The summed E-state index contributed by atoms with van der Waals surface area (Å²) in [5.74, 6) is -2.11. The molecule has 0 saturated carbocycles. The fourth-order valence-electron chi connectivity index (χ4n) is 3.98. The summed E-state index contributed by atoms with van der Waals surface area (Å²) in [7, 11) is 0. The van der Waals surface area contributed by atoms with E-state index in [4.69, 9.17) is 4.74 Å². The molecular formula is C23H26FN3O5. The van der Waals surface area contributed by atoms with Crippen LogP contribution < -0.4 is 5.32 Å². The minimum absolute atomic E-state index is 0.361. The number of nitrogens with one attached hydrogen (secondary N) is 1. The van der Waals surface area contributed by atoms with E-state index in [-0.39, 0.29) is 5.82 Å². The van der Waals surface area contributed by atoms with E-state index < -0.39 is 42.4 Å². The number of rotatable bonds is 8. The molecule has 3 rings (SSSR count). The van der Waals surface area contributed by atoms with Crippen molar-refractivity contribution in [3.8, 4) is 5.69 Å². The predicted molar refractivity (Wildman–Crippen MR) is 114 cm³/mol. The Kier molecular flexibility index (Phi) is 6.47. The molecule has 1 aliphatic rings. The first-order valence-corrected chi connectivity index (χ1v) is 10.4. The van der Waals surface area contributed by atoms with Gasteiger partial charge in [0.15, 0.2) is 6.61 Å². The van der Waals surface area contributed by atoms with E-state index >= 15 is 0 Å². The van der Waals surface area contributed by atoms with E-state index in [0.717, 1.165) is 10.6 Å². The van der Waals surface area contributed by atoms with Gasteiger partial charge in [0.1, 0.15) is 17.9 Å². The number of ether oxygens (including phenoxy) is 1. The third kappa shape index (κ3) is 4.15. The monoisotopic (exact) mass is 443 g/mol. The van der Waals surface area contributed by atoms with Crippen LogP contribution in [-0.4, -0.2) is 51.8 Å². The SMILES string of the molecule is CCC1(CC)NC(=O)N(CC(=O)OCC(=O)c2cc(C)n(-c3ccc(F)cc3)c2C)C1=O. The first kappa shape index (κ1) is 23.2. The molecule has 0 spiro atoms. The van der Waals surface area contributed by atoms with Gasteiger partial charge >= 0.3 is 12.0 Å². The Bertz CT molecular complexity index is 1070. The van der Waals surface area contributed by atoms with Gasteiger partial charge in [-0.2, -0.15) is 0 Å². The molecule has 1 aromatic carbocycles. The van der Waals surface area contributed by atoms with E-state index in [1.54, 1.807) is 43.5 Å². The maximum Gasteiger partial charge on any atom is 0.326 e. The van der Waals surface area contributed by atoms with E-state index in [1.807, 2.05) is 6.92 Å². The van der Waals surface area contributed by atoms with Crippen LogP contribution in [0.3, 0.4) is 0 Å². The zero-order valence-corrected chi connectivity index (χ0v) is 18.5. The normalized spacial score (nSPS) is 15.1. The quantitative estimate of drug-likeness (QED) is 0.384. The fourth-order valence-corrected chi connectivity index (χ4v) is 3.98. The number of aromatic nitrogens is 1. The molecular weight excluding hydrogens is 417 g/mol. The summed E-state index contributed by atoms with van der Waals surface area (Å²) in [6, 6.07) is 6.90. The van der Waals surface area contributed by atoms with Crippen molar-refractivity contribution in [3.63, 3.8) is 0 Å². The van der Waals surface area contributed by atoms with Gasteiger partial charge in [-0.3, -0.25) is 19.3 Å². The fraction of sp³-hybridized carbons (Fsp3) is 0.391. The molecule has 0 atom stereocenters. The summed E-state index contributed by atoms with van der Waals surface area (Å²) >= 11 is 0. The van der Waals surface area contributed by atoms with Gasteiger partial charge < -0.3 is 14.6 Å². The highest BCUT2D eigenvalue weighted by molar-refractivity contribution is 6.08. The van der Waals surface area contributed by atoms with Gasteiger partial charge in [-0.15, -0.1) is 0 Å². The van der Waals surface area contributed by atoms with E-state index in [2.05, 4.69) is 5.32 Å². The van der Waals surface area contributed by atoms with Crippen molar-refractivity contribution >= 4 is 23.7 Å². The first-order valence-electron chi connectivity index (χ1n) is 10.4. The lowest BCUT2D eigenvalue weighted by Crippen LogP contribution is -2.46. The van der Waals surface area contributed by atoms with Gasteiger partial charge in [0.05, 0.1) is 0 Å². The second kappa shape index (κ2) is 8.94. The largest absolute Gasteiger partial charge is 0.456 e. The third-order valence-corrected chi connectivity index (χ3v) is 5.92. The molecule has 32 heavy (non-hydrogen) atoms. The molecule has 1 N–H and O–H groups in total. The van der Waals surface area contributed by atoms with Crippen molar-refractivity contribution in [3.05, 3.63) is 53.1 Å². The second-order valence-electron chi connectivity index (χ2n) is 7.79. The Morgan fingerprint density at radius 1 is 1.09 bits per heavy atom. The van der Waals surface area contributed by atoms with Gasteiger partial charge in [-0.25, -0.2) is 9.18 Å². The predicted octanol–water partition coefficient (Wildman–Crippen LogP) is 3.07. The molecule has 170 valence electrons. The van der Waals surface area contributed by atoms with Crippen LogP contribution in [0.15, 0.2) is 30.3 Å². The van der Waals surface area contributed by atoms with Crippen LogP contribution in [0.4, 0.5) is 9.18 Å². The zero-order chi connectivity index (χ0) is 23.6. The average molecular weight is 443 g/mol. The Morgan fingerprint density at radius 3 is 2.28 bits per heavy atom. The number of carbonyl (C=O) groups excluding carboxylic acids is 4. The molecule has 0 unspecified atom stereocenters. The average Bonchev–Trinajstić information content (AvgIpc) is 3.20. The number of imide groups is 1. The number of hydrogen-bond donors (Lipinski definition) is 1. The molecule has 0 aliphatic carbocycles. The topological polar surface area (TPSA) is 97.7 Å². The van der Waals surface area contributed by atoms with Crippen LogP contribution >= 0.6 is 0 Å². The molecule has 1 aromatic heterocycles. The summed E-state index contributed by atoms with van der Waals surface area (Å²) < 4.78 is 20.1. The molecule has 1 fully saturated rings. The molecule has 1 aliphatic heterocycles. The number of esters is 1. The van der Waals surface area contributed by atoms with Crippen LogP contribution in [0.2, 0.25) is 0 Å². The van der Waals surface area contributed by atoms with Crippen molar-refractivity contribution < 1.29 is 28.3 Å². The van der Waals surface area contributed by atoms with E-state index in [1.165, 1.54) is 12.1 Å². The maximum absolute atomic E-state index is 13.2. The lowest BCUT2D eigenvalue weighted by Gasteiger charge is -2.22. The minimum Gasteiger partial charge on any atom is -0.456 e. The number of hydrogen-bond acceptors (Lipinski definition) is 5. The van der Waals surface area contributed by atoms with Crippen molar-refractivity contribution in [1.29, 1.82) is 0 Å². The number of benzene rings is 1. The maximum atomic E-state index is 13.2. The molecule has 2 aromatic rings. The molecule has 2 heterocycles. The molecule has 1 saturated heterocycles. The van der Waals surface area contributed by atoms with Crippen molar-refractivity contribution in [2.45, 2.75) is 46.1 Å². The summed E-state index contributed by atoms with van der Waals surface area (Å²) in [4.78, 5) is 50.5. The lowest BCUT2D eigenvalue weighted by molar-refractivity contribution is -0.146. The van der Waals surface area contributed by atoms with Crippen molar-refractivity contribution in [2.75, 3.05) is 13.2 Å². The number of aryl methyl sites for hydroxylation is 1. The van der Waals surface area contributed by atoms with Gasteiger partial charge in [0.2, 0.25) is 5.78 Å². The number of nitrogens with zero attached hydrogens (tertiary/aromatic N) is 2. The van der Waals surface area contributed by atoms with Gasteiger partial charge in [-0.1, -0.05) is 13.8 Å². The number of carbonyl (C=O) groups is 4. The molecule has 0 bridgehead atoms. The summed E-state index contributed by atoms with van der Waals surface area (Å²) in [5, 5.41) is 2.63. The highest BCUT2D eigenvalue weighted by Crippen LogP contribution is 2.25. The number of ketones is 1. The molecule has 9 heteroatoms. The van der Waals surface area contributed by atoms with Gasteiger partial charge in [-0.05, 0) is 57.0 Å². The molecule has 3 amide bonds. The van der Waals surface area contributed by atoms with Crippen LogP contribution in [0.5, 0.6) is 0 Å². The molecule has 8 nitrogen and oxygen atoms in total. The minimum atomic E-state index is -1.01. The first-order chi connectivity index (χ1) is 15.1. The smallest absolute Gasteiger partial charge is 0.326 e. The highest BCUT2D eigenvalue weighted by Gasteiger charge is 2.49. The Hall–Kier alpha value is -3.49. The van der Waals surface area contributed by atoms with Gasteiger partial charge in [0.25, 0.3) is 5.91 Å². The van der Waals surface area contributed by atoms with Crippen molar-refractivity contribution in [2.24, 2.45) is 0 Å². The zero-order valence-electron chi connectivity index (χ0n) is 18.5. The summed E-state index contributed by atoms with van der Waals surface area (Å²) in [6.07, 6.45) is 0.809. The van der Waals surface area contributed by atoms with E-state index in [0.29, 0.717) is 29.8 Å². The Balaban J connectivity index is 1.66. The van der Waals surface area contributed by atoms with E-state index in [9.17, 15) is 23.6 Å². The van der Waals surface area contributed by atoms with Crippen molar-refractivity contribution in [1.82, 2.24) is 14.8 Å². The molecule has 0 radical (unpaired) electrons.